The molecule has 3 atom stereocenters. The fraction of sp³-hybridized carbons (Fsp3) is 0.917. The molecule has 0 amide bonds. The minimum atomic E-state index is 0.773. The normalized spacial score (nSPS) is 37.9. The lowest BCUT2D eigenvalue weighted by molar-refractivity contribution is 0.0768. The standard InChI is InChI=1S/C12H21NS/c1-9-5-3-6-11-7-4-8-13(10(2)14)12(9)11/h9,11-12H,3-8H2,1-2H3. The van der Waals surface area contributed by atoms with Crippen LogP contribution in [-0.4, -0.2) is 22.5 Å². The van der Waals surface area contributed by atoms with Gasteiger partial charge in [-0.2, -0.15) is 0 Å². The maximum absolute atomic E-state index is 5.36. The zero-order chi connectivity index (χ0) is 10.1. The predicted octanol–water partition coefficient (Wildman–Crippen LogP) is 3.23. The van der Waals surface area contributed by atoms with E-state index in [0.717, 1.165) is 22.9 Å². The quantitative estimate of drug-likeness (QED) is 0.566. The number of rotatable bonds is 0. The van der Waals surface area contributed by atoms with Gasteiger partial charge in [-0.15, -0.1) is 0 Å². The summed E-state index contributed by atoms with van der Waals surface area (Å²) in [6.07, 6.45) is 7.07. The van der Waals surface area contributed by atoms with Gasteiger partial charge in [0.05, 0.1) is 4.99 Å². The molecule has 1 nitrogen and oxygen atoms in total. The molecule has 1 heterocycles. The van der Waals surface area contributed by atoms with Crippen molar-refractivity contribution in [3.63, 3.8) is 0 Å². The Balaban J connectivity index is 2.14. The van der Waals surface area contributed by atoms with E-state index in [1.54, 1.807) is 0 Å². The number of likely N-dealkylation sites (tertiary alicyclic amines) is 1. The van der Waals surface area contributed by atoms with Crippen LogP contribution in [0.25, 0.3) is 0 Å². The average Bonchev–Trinajstić information content (AvgIpc) is 2.17. The molecule has 0 aromatic carbocycles. The first-order valence-electron chi connectivity index (χ1n) is 5.97. The summed E-state index contributed by atoms with van der Waals surface area (Å²) in [5, 5.41) is 0. The van der Waals surface area contributed by atoms with Crippen LogP contribution in [0.5, 0.6) is 0 Å². The fourth-order valence-electron chi connectivity index (χ4n) is 3.43. The highest BCUT2D eigenvalue weighted by atomic mass is 32.1. The van der Waals surface area contributed by atoms with Crippen molar-refractivity contribution in [2.45, 2.75) is 52.0 Å². The molecule has 0 N–H and O–H groups in total. The van der Waals surface area contributed by atoms with Gasteiger partial charge in [0, 0.05) is 12.6 Å². The number of hydrogen-bond donors (Lipinski definition) is 0. The maximum atomic E-state index is 5.36. The second-order valence-electron chi connectivity index (χ2n) is 5.01. The Bertz CT molecular complexity index is 224. The van der Waals surface area contributed by atoms with Crippen LogP contribution in [0.4, 0.5) is 0 Å². The maximum Gasteiger partial charge on any atom is 0.0750 e. The van der Waals surface area contributed by atoms with Crippen LogP contribution in [0.1, 0.15) is 46.0 Å². The minimum Gasteiger partial charge on any atom is -0.363 e. The molecule has 0 bridgehead atoms. The summed E-state index contributed by atoms with van der Waals surface area (Å²) in [5.41, 5.74) is 0. The van der Waals surface area contributed by atoms with E-state index in [2.05, 4.69) is 18.7 Å². The van der Waals surface area contributed by atoms with Crippen molar-refractivity contribution in [2.75, 3.05) is 6.54 Å². The van der Waals surface area contributed by atoms with E-state index in [-0.39, 0.29) is 0 Å². The van der Waals surface area contributed by atoms with E-state index >= 15 is 0 Å². The van der Waals surface area contributed by atoms with Gasteiger partial charge in [0.2, 0.25) is 0 Å². The summed E-state index contributed by atoms with van der Waals surface area (Å²) in [6, 6.07) is 0.773. The second kappa shape index (κ2) is 4.18. The van der Waals surface area contributed by atoms with Crippen LogP contribution in [0, 0.1) is 11.8 Å². The molecular weight excluding hydrogens is 190 g/mol. The van der Waals surface area contributed by atoms with Crippen LogP contribution in [-0.2, 0) is 0 Å². The summed E-state index contributed by atoms with van der Waals surface area (Å²) in [7, 11) is 0. The third-order valence-corrected chi connectivity index (χ3v) is 4.27. The Hall–Kier alpha value is -0.110. The monoisotopic (exact) mass is 211 g/mol. The second-order valence-corrected chi connectivity index (χ2v) is 5.60. The van der Waals surface area contributed by atoms with Crippen molar-refractivity contribution >= 4 is 17.2 Å². The molecule has 1 aliphatic heterocycles. The number of fused-ring (bicyclic) bond motifs is 1. The van der Waals surface area contributed by atoms with Gasteiger partial charge in [0.1, 0.15) is 0 Å². The summed E-state index contributed by atoms with van der Waals surface area (Å²) in [4.78, 5) is 3.63. The van der Waals surface area contributed by atoms with Crippen molar-refractivity contribution in [3.8, 4) is 0 Å². The molecule has 3 unspecified atom stereocenters. The van der Waals surface area contributed by atoms with Crippen LogP contribution >= 0.6 is 12.2 Å². The SMILES string of the molecule is CC(=S)N1CCCC2CCCC(C)C21. The van der Waals surface area contributed by atoms with Crippen molar-refractivity contribution in [2.24, 2.45) is 11.8 Å². The van der Waals surface area contributed by atoms with Gasteiger partial charge < -0.3 is 4.90 Å². The first kappa shape index (κ1) is 10.4. The molecule has 2 rings (SSSR count). The molecule has 0 spiro atoms. The van der Waals surface area contributed by atoms with E-state index < -0.39 is 0 Å². The van der Waals surface area contributed by atoms with Crippen LogP contribution in [0.2, 0.25) is 0 Å². The van der Waals surface area contributed by atoms with Gasteiger partial charge >= 0.3 is 0 Å². The summed E-state index contributed by atoms with van der Waals surface area (Å²) >= 11 is 5.36. The smallest absolute Gasteiger partial charge is 0.0750 e. The third kappa shape index (κ3) is 1.81. The Morgan fingerprint density at radius 3 is 2.64 bits per heavy atom. The van der Waals surface area contributed by atoms with Crippen LogP contribution in [0.15, 0.2) is 0 Å². The first-order chi connectivity index (χ1) is 6.70. The lowest BCUT2D eigenvalue weighted by Gasteiger charge is -2.48. The number of piperidine rings is 1. The Morgan fingerprint density at radius 1 is 1.21 bits per heavy atom. The molecule has 0 aromatic heterocycles. The van der Waals surface area contributed by atoms with Gasteiger partial charge in [-0.05, 0) is 44.4 Å². The molecule has 2 aliphatic rings. The molecule has 2 fully saturated rings. The van der Waals surface area contributed by atoms with Crippen LogP contribution in [0.3, 0.4) is 0 Å². The van der Waals surface area contributed by atoms with Crippen molar-refractivity contribution in [3.05, 3.63) is 0 Å². The third-order valence-electron chi connectivity index (χ3n) is 4.04. The molecular formula is C12H21NS. The highest BCUT2D eigenvalue weighted by molar-refractivity contribution is 7.80. The highest BCUT2D eigenvalue weighted by Gasteiger charge is 2.37. The number of thiocarbonyl (C=S) groups is 1. The van der Waals surface area contributed by atoms with Gasteiger partial charge in [-0.1, -0.05) is 25.6 Å². The Morgan fingerprint density at radius 2 is 1.93 bits per heavy atom. The molecule has 14 heavy (non-hydrogen) atoms. The van der Waals surface area contributed by atoms with Crippen LogP contribution < -0.4 is 0 Å². The number of nitrogens with zero attached hydrogens (tertiary/aromatic N) is 1. The predicted molar refractivity (Wildman–Crippen MR) is 64.5 cm³/mol. The molecule has 1 saturated carbocycles. The van der Waals surface area contributed by atoms with E-state index in [0.29, 0.717) is 0 Å². The van der Waals surface area contributed by atoms with E-state index in [1.807, 2.05) is 0 Å². The van der Waals surface area contributed by atoms with Gasteiger partial charge in [0.15, 0.2) is 0 Å². The zero-order valence-corrected chi connectivity index (χ0v) is 10.1. The molecule has 0 aromatic rings. The summed E-state index contributed by atoms with van der Waals surface area (Å²) in [6.45, 7) is 5.72. The zero-order valence-electron chi connectivity index (χ0n) is 9.33. The summed E-state index contributed by atoms with van der Waals surface area (Å²) in [5.74, 6) is 1.79. The van der Waals surface area contributed by atoms with E-state index in [4.69, 9.17) is 12.2 Å². The molecule has 2 heteroatoms. The fourth-order valence-corrected chi connectivity index (χ4v) is 3.64. The lowest BCUT2D eigenvalue weighted by Crippen LogP contribution is -2.51. The summed E-state index contributed by atoms with van der Waals surface area (Å²) < 4.78 is 0. The van der Waals surface area contributed by atoms with E-state index in [1.165, 1.54) is 38.6 Å². The molecule has 1 aliphatic carbocycles. The van der Waals surface area contributed by atoms with Gasteiger partial charge in [-0.3, -0.25) is 0 Å². The molecule has 80 valence electrons. The lowest BCUT2D eigenvalue weighted by atomic mass is 9.73. The van der Waals surface area contributed by atoms with Crippen molar-refractivity contribution in [1.82, 2.24) is 4.90 Å². The van der Waals surface area contributed by atoms with Gasteiger partial charge in [0.25, 0.3) is 0 Å². The largest absolute Gasteiger partial charge is 0.363 e. The minimum absolute atomic E-state index is 0.773. The molecule has 0 radical (unpaired) electrons. The highest BCUT2D eigenvalue weighted by Crippen LogP contribution is 2.38. The first-order valence-corrected chi connectivity index (χ1v) is 6.38. The van der Waals surface area contributed by atoms with E-state index in [9.17, 15) is 0 Å². The molecule has 1 saturated heterocycles. The Kier molecular flexibility index (Phi) is 3.10. The van der Waals surface area contributed by atoms with Crippen molar-refractivity contribution in [1.29, 1.82) is 0 Å². The Labute approximate surface area is 92.9 Å². The average molecular weight is 211 g/mol. The topological polar surface area (TPSA) is 3.24 Å². The van der Waals surface area contributed by atoms with Gasteiger partial charge in [-0.25, -0.2) is 0 Å². The van der Waals surface area contributed by atoms with Crippen molar-refractivity contribution < 1.29 is 0 Å². The number of hydrogen-bond acceptors (Lipinski definition) is 1.